The van der Waals surface area contributed by atoms with Crippen molar-refractivity contribution in [1.82, 2.24) is 5.32 Å². The third-order valence-corrected chi connectivity index (χ3v) is 8.19. The quantitative estimate of drug-likeness (QED) is 0.317. The van der Waals surface area contributed by atoms with Gasteiger partial charge in [0.15, 0.2) is 0 Å². The molecule has 2 aliphatic heterocycles. The van der Waals surface area contributed by atoms with E-state index in [2.05, 4.69) is 36.7 Å². The van der Waals surface area contributed by atoms with Crippen molar-refractivity contribution < 1.29 is 18.7 Å². The van der Waals surface area contributed by atoms with Gasteiger partial charge in [-0.15, -0.1) is 0 Å². The minimum Gasteiger partial charge on any atom is -0.495 e. The maximum Gasteiger partial charge on any atom is 0.242 e. The van der Waals surface area contributed by atoms with E-state index in [1.165, 1.54) is 25.3 Å². The highest BCUT2D eigenvalue weighted by Gasteiger charge is 2.65. The van der Waals surface area contributed by atoms with Crippen LogP contribution in [-0.4, -0.2) is 31.0 Å². The van der Waals surface area contributed by atoms with E-state index in [4.69, 9.17) is 27.9 Å². The summed E-state index contributed by atoms with van der Waals surface area (Å²) in [6.07, 6.45) is 0.520. The number of halogens is 3. The van der Waals surface area contributed by atoms with Gasteiger partial charge in [0, 0.05) is 33.8 Å². The monoisotopic (exact) mass is 594 g/mol. The minimum atomic E-state index is -1.29. The van der Waals surface area contributed by atoms with Gasteiger partial charge in [-0.25, -0.2) is 4.39 Å². The molecule has 3 aromatic carbocycles. The van der Waals surface area contributed by atoms with Crippen LogP contribution in [0.2, 0.25) is 10.0 Å². The summed E-state index contributed by atoms with van der Waals surface area (Å²) in [4.78, 5) is 28.4. The predicted octanol–water partition coefficient (Wildman–Crippen LogP) is 6.40. The molecular weight excluding hydrogens is 566 g/mol. The lowest BCUT2D eigenvalue weighted by Crippen LogP contribution is -2.49. The number of ether oxygens (including phenoxy) is 1. The molecule has 0 saturated carbocycles. The second-order valence-corrected chi connectivity index (χ2v) is 12.5. The highest BCUT2D eigenvalue weighted by atomic mass is 35.5. The smallest absolute Gasteiger partial charge is 0.242 e. The summed E-state index contributed by atoms with van der Waals surface area (Å²) in [5.74, 6) is -1.89. The normalized spacial score (nSPS) is 23.2. The van der Waals surface area contributed by atoms with Crippen molar-refractivity contribution in [3.63, 3.8) is 0 Å². The van der Waals surface area contributed by atoms with Crippen LogP contribution >= 0.6 is 23.2 Å². The predicted molar refractivity (Wildman–Crippen MR) is 157 cm³/mol. The van der Waals surface area contributed by atoms with Crippen molar-refractivity contribution in [1.29, 1.82) is 5.26 Å². The SMILES string of the molecule is COc1cc(C#N)ccc1NC(=O)[C@@H]1N[C@@H](CC(C)(C)C)[C@@]2(C(=O)Nc3cc(Cl)ccc32)[C@H]1c1cc(F)cc(Cl)c1. The number of hydrogen-bond donors (Lipinski definition) is 3. The molecule has 2 amide bonds. The summed E-state index contributed by atoms with van der Waals surface area (Å²) >= 11 is 12.6. The van der Waals surface area contributed by atoms with E-state index < -0.39 is 35.1 Å². The first-order valence-corrected chi connectivity index (χ1v) is 13.9. The van der Waals surface area contributed by atoms with E-state index in [0.717, 1.165) is 0 Å². The first-order valence-electron chi connectivity index (χ1n) is 13.1. The summed E-state index contributed by atoms with van der Waals surface area (Å²) in [6, 6.07) is 14.5. The Balaban J connectivity index is 1.71. The summed E-state index contributed by atoms with van der Waals surface area (Å²) in [6.45, 7) is 6.17. The second kappa shape index (κ2) is 10.6. The fourth-order valence-electron chi connectivity index (χ4n) is 6.25. The lowest BCUT2D eigenvalue weighted by Gasteiger charge is -2.37. The van der Waals surface area contributed by atoms with Gasteiger partial charge in [0.2, 0.25) is 11.8 Å². The molecule has 5 rings (SSSR count). The van der Waals surface area contributed by atoms with Crippen LogP contribution in [0.3, 0.4) is 0 Å². The lowest BCUT2D eigenvalue weighted by molar-refractivity contribution is -0.122. The van der Waals surface area contributed by atoms with E-state index in [9.17, 15) is 19.2 Å². The van der Waals surface area contributed by atoms with Crippen LogP contribution in [0.15, 0.2) is 54.6 Å². The Hall–Kier alpha value is -3.64. The van der Waals surface area contributed by atoms with E-state index >= 15 is 0 Å². The molecule has 41 heavy (non-hydrogen) atoms. The van der Waals surface area contributed by atoms with Gasteiger partial charge in [-0.1, -0.05) is 50.0 Å². The average molecular weight is 596 g/mol. The number of carbonyl (C=O) groups is 2. The van der Waals surface area contributed by atoms with E-state index in [1.807, 2.05) is 6.07 Å². The van der Waals surface area contributed by atoms with Crippen molar-refractivity contribution >= 4 is 46.4 Å². The van der Waals surface area contributed by atoms with Crippen LogP contribution in [0, 0.1) is 22.6 Å². The first-order chi connectivity index (χ1) is 19.4. The molecule has 0 unspecified atom stereocenters. The Morgan fingerprint density at radius 3 is 2.54 bits per heavy atom. The van der Waals surface area contributed by atoms with Gasteiger partial charge in [0.1, 0.15) is 17.0 Å². The summed E-state index contributed by atoms with van der Waals surface area (Å²) < 4.78 is 20.3. The van der Waals surface area contributed by atoms with Crippen molar-refractivity contribution in [3.8, 4) is 11.8 Å². The number of anilines is 2. The van der Waals surface area contributed by atoms with Gasteiger partial charge < -0.3 is 20.7 Å². The zero-order valence-electron chi connectivity index (χ0n) is 22.9. The zero-order chi connectivity index (χ0) is 29.7. The molecule has 10 heteroatoms. The summed E-state index contributed by atoms with van der Waals surface area (Å²) in [5, 5.41) is 19.2. The summed E-state index contributed by atoms with van der Waals surface area (Å²) in [7, 11) is 1.44. The number of nitrogens with one attached hydrogen (secondary N) is 3. The molecule has 2 aliphatic rings. The highest BCUT2D eigenvalue weighted by Crippen LogP contribution is 2.57. The number of amides is 2. The Kier molecular flexibility index (Phi) is 7.49. The molecule has 2 heterocycles. The molecule has 7 nitrogen and oxygen atoms in total. The molecule has 0 bridgehead atoms. The molecule has 3 N–H and O–H groups in total. The zero-order valence-corrected chi connectivity index (χ0v) is 24.5. The van der Waals surface area contributed by atoms with Gasteiger partial charge >= 0.3 is 0 Å². The number of methoxy groups -OCH3 is 1. The highest BCUT2D eigenvalue weighted by molar-refractivity contribution is 6.31. The van der Waals surface area contributed by atoms with Gasteiger partial charge in [-0.3, -0.25) is 9.59 Å². The van der Waals surface area contributed by atoms with E-state index in [-0.39, 0.29) is 16.3 Å². The average Bonchev–Trinajstić information content (AvgIpc) is 3.37. The number of carbonyl (C=O) groups excluding carboxylic acids is 2. The molecule has 3 aromatic rings. The summed E-state index contributed by atoms with van der Waals surface area (Å²) in [5.41, 5.74) is 0.811. The number of nitriles is 1. The molecular formula is C31H29Cl2FN4O3. The number of hydrogen-bond acceptors (Lipinski definition) is 5. The standard InChI is InChI=1S/C31H29Cl2FN4O3/c1-30(2,3)14-25-31(21-7-6-18(32)13-23(21)37-29(31)40)26(17-10-19(33)12-20(34)11-17)27(38-25)28(39)36-22-8-5-16(15-35)9-24(22)41-4/h5-13,25-27,38H,14H2,1-4H3,(H,36,39)(H,37,40)/t25-,26-,27+,31+/m0/s1. The molecule has 212 valence electrons. The van der Waals surface area contributed by atoms with Crippen LogP contribution in [0.25, 0.3) is 0 Å². The van der Waals surface area contributed by atoms with Crippen LogP contribution in [0.5, 0.6) is 5.75 Å². The van der Waals surface area contributed by atoms with E-state index in [0.29, 0.717) is 45.3 Å². The van der Waals surface area contributed by atoms with Crippen molar-refractivity contribution in [2.75, 3.05) is 17.7 Å². The maximum atomic E-state index is 14.8. The number of benzene rings is 3. The Morgan fingerprint density at radius 2 is 1.88 bits per heavy atom. The maximum absolute atomic E-state index is 14.8. The van der Waals surface area contributed by atoms with Crippen LogP contribution < -0.4 is 20.7 Å². The molecule has 1 spiro atoms. The third-order valence-electron chi connectivity index (χ3n) is 7.74. The fourth-order valence-corrected chi connectivity index (χ4v) is 6.65. The minimum absolute atomic E-state index is 0.150. The molecule has 0 aliphatic carbocycles. The second-order valence-electron chi connectivity index (χ2n) is 11.7. The van der Waals surface area contributed by atoms with Gasteiger partial charge in [0.05, 0.1) is 30.5 Å². The molecule has 0 radical (unpaired) electrons. The third kappa shape index (κ3) is 5.14. The Bertz CT molecular complexity index is 1580. The number of nitrogens with zero attached hydrogens (tertiary/aromatic N) is 1. The van der Waals surface area contributed by atoms with Crippen molar-refractivity contribution in [3.05, 3.63) is 87.2 Å². The first kappa shape index (κ1) is 28.9. The van der Waals surface area contributed by atoms with Crippen molar-refractivity contribution in [2.24, 2.45) is 5.41 Å². The number of rotatable bonds is 5. The molecule has 1 saturated heterocycles. The van der Waals surface area contributed by atoms with Crippen LogP contribution in [0.4, 0.5) is 15.8 Å². The van der Waals surface area contributed by atoms with Gasteiger partial charge in [0.25, 0.3) is 0 Å². The van der Waals surface area contributed by atoms with Crippen molar-refractivity contribution in [2.45, 2.75) is 50.6 Å². The Labute approximate surface area is 248 Å². The number of fused-ring (bicyclic) bond motifs is 2. The van der Waals surface area contributed by atoms with Crippen LogP contribution in [-0.2, 0) is 15.0 Å². The molecule has 4 atom stereocenters. The van der Waals surface area contributed by atoms with Gasteiger partial charge in [-0.2, -0.15) is 5.26 Å². The Morgan fingerprint density at radius 1 is 1.12 bits per heavy atom. The topological polar surface area (TPSA) is 103 Å². The largest absolute Gasteiger partial charge is 0.495 e. The van der Waals surface area contributed by atoms with Crippen LogP contribution in [0.1, 0.15) is 49.8 Å². The van der Waals surface area contributed by atoms with E-state index in [1.54, 1.807) is 36.4 Å². The van der Waals surface area contributed by atoms with Gasteiger partial charge in [-0.05, 0) is 65.4 Å². The molecule has 1 fully saturated rings. The molecule has 0 aromatic heterocycles. The fraction of sp³-hybridized carbons (Fsp3) is 0.323. The lowest BCUT2D eigenvalue weighted by atomic mass is 9.62.